The van der Waals surface area contributed by atoms with E-state index in [0.29, 0.717) is 12.4 Å². The first-order chi connectivity index (χ1) is 14.0. The van der Waals surface area contributed by atoms with Crippen LogP contribution in [0.15, 0.2) is 42.6 Å². The molecule has 4 N–H and O–H groups in total. The molecule has 0 spiro atoms. The van der Waals surface area contributed by atoms with E-state index >= 15 is 0 Å². The van der Waals surface area contributed by atoms with Crippen LogP contribution >= 0.6 is 0 Å². The number of ether oxygens (including phenoxy) is 1. The summed E-state index contributed by atoms with van der Waals surface area (Å²) in [6.45, 7) is 2.43. The van der Waals surface area contributed by atoms with Gasteiger partial charge in [-0.05, 0) is 30.4 Å². The SMILES string of the molecule is CCC1CC2/C=C\COc3cccc(c3)Nc3ncc(F)c(n3)NC2C1C(N)=O. The summed E-state index contributed by atoms with van der Waals surface area (Å²) in [5.74, 6) is -0.260. The lowest BCUT2D eigenvalue weighted by atomic mass is 9.90. The smallest absolute Gasteiger partial charge is 0.229 e. The number of carbonyl (C=O) groups excluding carboxylic acids is 1. The number of hydrogen-bond donors (Lipinski definition) is 3. The summed E-state index contributed by atoms with van der Waals surface area (Å²) < 4.78 is 20.3. The van der Waals surface area contributed by atoms with Crippen LogP contribution in [-0.4, -0.2) is 28.5 Å². The fourth-order valence-corrected chi connectivity index (χ4v) is 4.28. The minimum atomic E-state index is -0.578. The lowest BCUT2D eigenvalue weighted by Crippen LogP contribution is -2.40. The Labute approximate surface area is 168 Å². The summed E-state index contributed by atoms with van der Waals surface area (Å²) in [7, 11) is 0. The zero-order chi connectivity index (χ0) is 20.4. The number of anilines is 3. The average molecular weight is 397 g/mol. The fourth-order valence-electron chi connectivity index (χ4n) is 4.28. The lowest BCUT2D eigenvalue weighted by molar-refractivity contribution is -0.123. The predicted octanol–water partition coefficient (Wildman–Crippen LogP) is 3.24. The minimum Gasteiger partial charge on any atom is -0.489 e. The first-order valence-corrected chi connectivity index (χ1v) is 9.80. The highest BCUT2D eigenvalue weighted by Gasteiger charge is 2.44. The topological polar surface area (TPSA) is 102 Å². The van der Waals surface area contributed by atoms with Crippen molar-refractivity contribution in [2.45, 2.75) is 25.8 Å². The number of nitrogens with two attached hydrogens (primary N) is 1. The van der Waals surface area contributed by atoms with Gasteiger partial charge in [0.1, 0.15) is 12.4 Å². The monoisotopic (exact) mass is 397 g/mol. The molecule has 4 bridgehead atoms. The highest BCUT2D eigenvalue weighted by molar-refractivity contribution is 5.79. The summed E-state index contributed by atoms with van der Waals surface area (Å²) in [6.07, 6.45) is 6.67. The van der Waals surface area contributed by atoms with Gasteiger partial charge in [-0.3, -0.25) is 4.79 Å². The molecule has 1 saturated carbocycles. The van der Waals surface area contributed by atoms with E-state index < -0.39 is 11.7 Å². The number of hydrogen-bond acceptors (Lipinski definition) is 6. The second-order valence-corrected chi connectivity index (χ2v) is 7.45. The van der Waals surface area contributed by atoms with Gasteiger partial charge in [-0.25, -0.2) is 9.37 Å². The molecule has 0 radical (unpaired) electrons. The predicted molar refractivity (Wildman–Crippen MR) is 108 cm³/mol. The van der Waals surface area contributed by atoms with Crippen LogP contribution in [0.3, 0.4) is 0 Å². The zero-order valence-electron chi connectivity index (χ0n) is 16.1. The summed E-state index contributed by atoms with van der Waals surface area (Å²) in [4.78, 5) is 20.5. The van der Waals surface area contributed by atoms with Crippen LogP contribution in [0.2, 0.25) is 0 Å². The summed E-state index contributed by atoms with van der Waals surface area (Å²) in [6, 6.07) is 7.03. The summed E-state index contributed by atoms with van der Waals surface area (Å²) >= 11 is 0. The third kappa shape index (κ3) is 4.01. The zero-order valence-corrected chi connectivity index (χ0v) is 16.1. The molecule has 1 aromatic carbocycles. The van der Waals surface area contributed by atoms with Crippen LogP contribution in [0.25, 0.3) is 0 Å². The van der Waals surface area contributed by atoms with Crippen LogP contribution < -0.4 is 21.1 Å². The largest absolute Gasteiger partial charge is 0.489 e. The fraction of sp³-hybridized carbons (Fsp3) is 0.381. The summed E-state index contributed by atoms with van der Waals surface area (Å²) in [5.41, 5.74) is 6.45. The van der Waals surface area contributed by atoms with Gasteiger partial charge in [-0.15, -0.1) is 0 Å². The minimum absolute atomic E-state index is 0.00102. The Kier molecular flexibility index (Phi) is 5.33. The maximum absolute atomic E-state index is 14.5. The molecule has 1 amide bonds. The Morgan fingerprint density at radius 3 is 3.07 bits per heavy atom. The Morgan fingerprint density at radius 1 is 1.41 bits per heavy atom. The maximum Gasteiger partial charge on any atom is 0.229 e. The third-order valence-corrected chi connectivity index (χ3v) is 5.65. The number of nitrogens with zero attached hydrogens (tertiary/aromatic N) is 2. The van der Waals surface area contributed by atoms with E-state index in [1.807, 2.05) is 43.3 Å². The van der Waals surface area contributed by atoms with E-state index in [0.717, 1.165) is 24.7 Å². The van der Waals surface area contributed by atoms with Crippen LogP contribution in [-0.2, 0) is 4.79 Å². The molecule has 8 heteroatoms. The van der Waals surface area contributed by atoms with Crippen molar-refractivity contribution in [1.29, 1.82) is 0 Å². The molecule has 4 rings (SSSR count). The van der Waals surface area contributed by atoms with Crippen LogP contribution in [0.5, 0.6) is 5.75 Å². The first-order valence-electron chi connectivity index (χ1n) is 9.80. The standard InChI is InChI=1S/C21H24FN5O2/c1-2-12-9-13-5-4-8-29-15-7-3-6-14(10-15)25-21-24-11-16(22)20(27-21)26-18(13)17(12)19(23)28/h3-7,10-13,17-18H,2,8-9H2,1H3,(H2,23,28)(H2,24,25,26,27)/b5-4-. The van der Waals surface area contributed by atoms with Gasteiger partial charge in [0.05, 0.1) is 12.1 Å². The van der Waals surface area contributed by atoms with Gasteiger partial charge in [0.15, 0.2) is 11.6 Å². The van der Waals surface area contributed by atoms with Gasteiger partial charge in [0.25, 0.3) is 0 Å². The second kappa shape index (κ2) is 8.06. The number of rotatable bonds is 2. The average Bonchev–Trinajstić information content (AvgIpc) is 3.05. The number of amides is 1. The van der Waals surface area contributed by atoms with Gasteiger partial charge in [-0.2, -0.15) is 4.98 Å². The van der Waals surface area contributed by atoms with Crippen molar-refractivity contribution in [2.24, 2.45) is 23.5 Å². The number of nitrogens with one attached hydrogen (secondary N) is 2. The van der Waals surface area contributed by atoms with Crippen molar-refractivity contribution in [3.05, 3.63) is 48.4 Å². The molecule has 4 atom stereocenters. The number of primary amides is 1. The molecule has 2 aliphatic rings. The van der Waals surface area contributed by atoms with Gasteiger partial charge in [-0.1, -0.05) is 31.6 Å². The molecule has 7 nitrogen and oxygen atoms in total. The van der Waals surface area contributed by atoms with Crippen molar-refractivity contribution in [3.63, 3.8) is 0 Å². The number of aromatic nitrogens is 2. The van der Waals surface area contributed by atoms with E-state index in [1.165, 1.54) is 0 Å². The molecular weight excluding hydrogens is 373 g/mol. The molecule has 1 aliphatic carbocycles. The molecule has 1 aliphatic heterocycles. The Morgan fingerprint density at radius 2 is 2.28 bits per heavy atom. The van der Waals surface area contributed by atoms with Crippen LogP contribution in [0.1, 0.15) is 19.8 Å². The molecule has 29 heavy (non-hydrogen) atoms. The molecule has 2 heterocycles. The number of benzene rings is 1. The Hall–Kier alpha value is -3.16. The normalized spacial score (nSPS) is 26.8. The van der Waals surface area contributed by atoms with E-state index in [-0.39, 0.29) is 35.6 Å². The van der Waals surface area contributed by atoms with E-state index in [1.54, 1.807) is 0 Å². The second-order valence-electron chi connectivity index (χ2n) is 7.45. The molecule has 152 valence electrons. The maximum atomic E-state index is 14.5. The molecule has 4 unspecified atom stereocenters. The van der Waals surface area contributed by atoms with Crippen molar-refractivity contribution in [3.8, 4) is 5.75 Å². The number of carbonyl (C=O) groups is 1. The quantitative estimate of drug-likeness (QED) is 0.673. The van der Waals surface area contributed by atoms with Crippen molar-refractivity contribution >= 4 is 23.4 Å². The Balaban J connectivity index is 1.75. The highest BCUT2D eigenvalue weighted by atomic mass is 19.1. The van der Waals surface area contributed by atoms with Crippen molar-refractivity contribution < 1.29 is 13.9 Å². The number of halogens is 1. The lowest BCUT2D eigenvalue weighted by Gasteiger charge is -2.25. The van der Waals surface area contributed by atoms with Gasteiger partial charge in [0.2, 0.25) is 11.9 Å². The van der Waals surface area contributed by atoms with Crippen LogP contribution in [0, 0.1) is 23.6 Å². The molecule has 0 saturated heterocycles. The third-order valence-electron chi connectivity index (χ3n) is 5.65. The number of fused-ring (bicyclic) bond motifs is 5. The van der Waals surface area contributed by atoms with Gasteiger partial charge in [0, 0.05) is 17.8 Å². The highest BCUT2D eigenvalue weighted by Crippen LogP contribution is 2.41. The van der Waals surface area contributed by atoms with Crippen molar-refractivity contribution in [2.75, 3.05) is 17.2 Å². The van der Waals surface area contributed by atoms with Crippen LogP contribution in [0.4, 0.5) is 21.8 Å². The van der Waals surface area contributed by atoms with E-state index in [2.05, 4.69) is 20.6 Å². The summed E-state index contributed by atoms with van der Waals surface area (Å²) in [5, 5.41) is 6.21. The van der Waals surface area contributed by atoms with E-state index in [4.69, 9.17) is 10.5 Å². The van der Waals surface area contributed by atoms with Crippen molar-refractivity contribution in [1.82, 2.24) is 9.97 Å². The molecular formula is C21H24FN5O2. The molecule has 1 aromatic heterocycles. The van der Waals surface area contributed by atoms with Gasteiger partial charge >= 0.3 is 0 Å². The molecule has 2 aromatic rings. The first kappa shape index (κ1) is 19.2. The Bertz CT molecular complexity index is 935. The van der Waals surface area contributed by atoms with E-state index in [9.17, 15) is 9.18 Å². The van der Waals surface area contributed by atoms with Gasteiger partial charge < -0.3 is 21.1 Å². The molecule has 1 fully saturated rings.